The summed E-state index contributed by atoms with van der Waals surface area (Å²) in [5.74, 6) is 0.770. The van der Waals surface area contributed by atoms with Crippen molar-refractivity contribution in [2.45, 2.75) is 0 Å². The first-order valence-corrected chi connectivity index (χ1v) is 5.92. The lowest BCUT2D eigenvalue weighted by molar-refractivity contribution is 0.111. The number of ether oxygens (including phenoxy) is 1. The molecule has 1 aromatic carbocycles. The largest absolute Gasteiger partial charge is 0.437 e. The van der Waals surface area contributed by atoms with Gasteiger partial charge in [-0.15, -0.1) is 0 Å². The van der Waals surface area contributed by atoms with Crippen molar-refractivity contribution in [2.75, 3.05) is 0 Å². The first kappa shape index (κ1) is 11.9. The standard InChI is InChI=1S/C15H9N3O2/c16-9-11-4-6-12(7-5-11)20-15-13(10-19)18-8-2-1-3-14(18)17-15/h1-8,10H. The van der Waals surface area contributed by atoms with Crippen LogP contribution in [-0.4, -0.2) is 15.7 Å². The number of nitrogens with zero attached hydrogens (tertiary/aromatic N) is 3. The van der Waals surface area contributed by atoms with E-state index in [1.807, 2.05) is 18.2 Å². The second-order valence-electron chi connectivity index (χ2n) is 4.09. The van der Waals surface area contributed by atoms with Gasteiger partial charge in [-0.3, -0.25) is 9.20 Å². The Morgan fingerprint density at radius 2 is 2.00 bits per heavy atom. The summed E-state index contributed by atoms with van der Waals surface area (Å²) in [4.78, 5) is 15.5. The van der Waals surface area contributed by atoms with Gasteiger partial charge in [0.05, 0.1) is 11.6 Å². The maximum absolute atomic E-state index is 11.2. The van der Waals surface area contributed by atoms with Crippen molar-refractivity contribution >= 4 is 11.9 Å². The highest BCUT2D eigenvalue weighted by Gasteiger charge is 2.13. The number of aldehydes is 1. The second kappa shape index (κ2) is 4.86. The van der Waals surface area contributed by atoms with Crippen molar-refractivity contribution in [3.63, 3.8) is 0 Å². The Hall–Kier alpha value is -3.13. The molecule has 0 atom stereocenters. The van der Waals surface area contributed by atoms with Gasteiger partial charge in [-0.1, -0.05) is 6.07 Å². The van der Waals surface area contributed by atoms with Gasteiger partial charge in [0.15, 0.2) is 12.0 Å². The highest BCUT2D eigenvalue weighted by Crippen LogP contribution is 2.24. The summed E-state index contributed by atoms with van der Waals surface area (Å²) >= 11 is 0. The van der Waals surface area contributed by atoms with E-state index < -0.39 is 0 Å². The van der Waals surface area contributed by atoms with Crippen LogP contribution in [0.1, 0.15) is 16.1 Å². The lowest BCUT2D eigenvalue weighted by Gasteiger charge is -2.02. The van der Waals surface area contributed by atoms with Crippen molar-refractivity contribution in [2.24, 2.45) is 0 Å². The minimum atomic E-state index is 0.246. The predicted molar refractivity (Wildman–Crippen MR) is 71.8 cm³/mol. The van der Waals surface area contributed by atoms with Crippen molar-refractivity contribution in [1.82, 2.24) is 9.38 Å². The molecule has 5 nitrogen and oxygen atoms in total. The molecule has 0 fully saturated rings. The molecule has 96 valence electrons. The SMILES string of the molecule is N#Cc1ccc(Oc2nc3ccccn3c2C=O)cc1. The number of carbonyl (C=O) groups is 1. The van der Waals surface area contributed by atoms with Crippen LogP contribution >= 0.6 is 0 Å². The van der Waals surface area contributed by atoms with Gasteiger partial charge in [-0.2, -0.15) is 10.2 Å². The lowest BCUT2D eigenvalue weighted by atomic mass is 10.2. The van der Waals surface area contributed by atoms with E-state index in [0.717, 1.165) is 0 Å². The summed E-state index contributed by atoms with van der Waals surface area (Å²) in [6.07, 6.45) is 2.46. The molecular formula is C15H9N3O2. The smallest absolute Gasteiger partial charge is 0.249 e. The summed E-state index contributed by atoms with van der Waals surface area (Å²) in [5.41, 5.74) is 1.53. The first-order valence-electron chi connectivity index (χ1n) is 5.92. The average molecular weight is 263 g/mol. The van der Waals surface area contributed by atoms with Gasteiger partial charge in [-0.25, -0.2) is 0 Å². The van der Waals surface area contributed by atoms with Crippen LogP contribution < -0.4 is 4.74 Å². The highest BCUT2D eigenvalue weighted by molar-refractivity contribution is 5.78. The van der Waals surface area contributed by atoms with E-state index in [1.54, 1.807) is 40.9 Å². The zero-order chi connectivity index (χ0) is 13.9. The number of carbonyl (C=O) groups excluding carboxylic acids is 1. The monoisotopic (exact) mass is 263 g/mol. The maximum atomic E-state index is 11.2. The minimum absolute atomic E-state index is 0.246. The molecular weight excluding hydrogens is 254 g/mol. The van der Waals surface area contributed by atoms with Crippen molar-refractivity contribution in [1.29, 1.82) is 5.26 Å². The van der Waals surface area contributed by atoms with E-state index in [1.165, 1.54) is 0 Å². The Balaban J connectivity index is 2.01. The van der Waals surface area contributed by atoms with Crippen LogP contribution in [0, 0.1) is 11.3 Å². The molecule has 0 N–H and O–H groups in total. The number of imidazole rings is 1. The van der Waals surface area contributed by atoms with E-state index in [9.17, 15) is 4.79 Å². The highest BCUT2D eigenvalue weighted by atomic mass is 16.5. The lowest BCUT2D eigenvalue weighted by Crippen LogP contribution is -1.92. The number of pyridine rings is 1. The van der Waals surface area contributed by atoms with E-state index in [2.05, 4.69) is 4.98 Å². The second-order valence-corrected chi connectivity index (χ2v) is 4.09. The van der Waals surface area contributed by atoms with Gasteiger partial charge < -0.3 is 4.74 Å². The molecule has 5 heteroatoms. The van der Waals surface area contributed by atoms with Gasteiger partial charge in [0.2, 0.25) is 5.88 Å². The molecule has 0 radical (unpaired) electrons. The van der Waals surface area contributed by atoms with Crippen molar-refractivity contribution in [3.05, 3.63) is 59.9 Å². The number of hydrogen-bond acceptors (Lipinski definition) is 4. The Labute approximate surface area is 114 Å². The average Bonchev–Trinajstić information content (AvgIpc) is 2.85. The van der Waals surface area contributed by atoms with Crippen molar-refractivity contribution < 1.29 is 9.53 Å². The van der Waals surface area contributed by atoms with Gasteiger partial charge in [-0.05, 0) is 36.4 Å². The van der Waals surface area contributed by atoms with Crippen LogP contribution in [0.4, 0.5) is 0 Å². The van der Waals surface area contributed by atoms with Crippen molar-refractivity contribution in [3.8, 4) is 17.7 Å². The summed E-state index contributed by atoms with van der Waals surface area (Å²) in [7, 11) is 0. The van der Waals surface area contributed by atoms with E-state index >= 15 is 0 Å². The van der Waals surface area contributed by atoms with Gasteiger partial charge in [0, 0.05) is 6.20 Å². The third-order valence-corrected chi connectivity index (χ3v) is 2.84. The first-order chi connectivity index (χ1) is 9.81. The van der Waals surface area contributed by atoms with E-state index in [4.69, 9.17) is 10.00 Å². The molecule has 0 aliphatic rings. The predicted octanol–water partition coefficient (Wildman–Crippen LogP) is 2.81. The Morgan fingerprint density at radius 1 is 1.20 bits per heavy atom. The fraction of sp³-hybridized carbons (Fsp3) is 0. The van der Waals surface area contributed by atoms with Crippen LogP contribution in [0.2, 0.25) is 0 Å². The fourth-order valence-corrected chi connectivity index (χ4v) is 1.88. The number of hydrogen-bond donors (Lipinski definition) is 0. The summed E-state index contributed by atoms with van der Waals surface area (Å²) in [6.45, 7) is 0. The third-order valence-electron chi connectivity index (χ3n) is 2.84. The van der Waals surface area contributed by atoms with Gasteiger partial charge in [0.25, 0.3) is 0 Å². The summed E-state index contributed by atoms with van der Waals surface area (Å²) in [5, 5.41) is 8.74. The zero-order valence-corrected chi connectivity index (χ0v) is 10.4. The van der Waals surface area contributed by atoms with Crippen LogP contribution in [0.25, 0.3) is 5.65 Å². The van der Waals surface area contributed by atoms with Gasteiger partial charge >= 0.3 is 0 Å². The molecule has 3 aromatic rings. The maximum Gasteiger partial charge on any atom is 0.249 e. The molecule has 0 unspecified atom stereocenters. The van der Waals surface area contributed by atoms with Crippen LogP contribution in [0.15, 0.2) is 48.7 Å². The van der Waals surface area contributed by atoms with Crippen LogP contribution in [-0.2, 0) is 0 Å². The number of nitriles is 1. The van der Waals surface area contributed by atoms with E-state index in [-0.39, 0.29) is 5.88 Å². The van der Waals surface area contributed by atoms with Gasteiger partial charge in [0.1, 0.15) is 11.4 Å². The third kappa shape index (κ3) is 1.99. The minimum Gasteiger partial charge on any atom is -0.437 e. The molecule has 0 saturated carbocycles. The molecule has 2 heterocycles. The molecule has 2 aromatic heterocycles. The number of rotatable bonds is 3. The van der Waals surface area contributed by atoms with E-state index in [0.29, 0.717) is 28.9 Å². The zero-order valence-electron chi connectivity index (χ0n) is 10.4. The number of aromatic nitrogens is 2. The number of fused-ring (bicyclic) bond motifs is 1. The normalized spacial score (nSPS) is 10.2. The quantitative estimate of drug-likeness (QED) is 0.681. The number of benzene rings is 1. The molecule has 0 bridgehead atoms. The Kier molecular flexibility index (Phi) is 2.90. The topological polar surface area (TPSA) is 67.4 Å². The molecule has 20 heavy (non-hydrogen) atoms. The Bertz CT molecular complexity index is 813. The molecule has 0 saturated heterocycles. The summed E-state index contributed by atoms with van der Waals surface area (Å²) < 4.78 is 7.27. The fourth-order valence-electron chi connectivity index (χ4n) is 1.88. The summed E-state index contributed by atoms with van der Waals surface area (Å²) in [6, 6.07) is 14.1. The molecule has 0 aliphatic heterocycles. The molecule has 0 amide bonds. The molecule has 0 spiro atoms. The van der Waals surface area contributed by atoms with Crippen LogP contribution in [0.3, 0.4) is 0 Å². The molecule has 0 aliphatic carbocycles. The Morgan fingerprint density at radius 3 is 2.70 bits per heavy atom. The van der Waals surface area contributed by atoms with Crippen LogP contribution in [0.5, 0.6) is 11.6 Å². The molecule has 3 rings (SSSR count).